The number of aromatic nitrogens is 2. The van der Waals surface area contributed by atoms with Crippen molar-refractivity contribution in [1.29, 1.82) is 0 Å². The van der Waals surface area contributed by atoms with Gasteiger partial charge in [-0.1, -0.05) is 0 Å². The molecule has 0 fully saturated rings. The fraction of sp³-hybridized carbons (Fsp3) is 0.231. The smallest absolute Gasteiger partial charge is 0.192 e. The van der Waals surface area contributed by atoms with Crippen molar-refractivity contribution in [2.75, 3.05) is 14.2 Å². The van der Waals surface area contributed by atoms with Gasteiger partial charge in [0.25, 0.3) is 0 Å². The normalized spacial score (nSPS) is 10.2. The van der Waals surface area contributed by atoms with E-state index < -0.39 is 0 Å². The van der Waals surface area contributed by atoms with Crippen LogP contribution in [-0.4, -0.2) is 24.2 Å². The van der Waals surface area contributed by atoms with Crippen LogP contribution in [0.4, 0.5) is 0 Å². The Bertz CT molecular complexity index is 546. The van der Waals surface area contributed by atoms with Crippen LogP contribution in [0.2, 0.25) is 0 Å². The second kappa shape index (κ2) is 5.73. The summed E-state index contributed by atoms with van der Waals surface area (Å²) in [6.45, 7) is 1.94. The maximum absolute atomic E-state index is 5.26. The summed E-state index contributed by atoms with van der Waals surface area (Å²) in [5.41, 5.74) is 0.952. The van der Waals surface area contributed by atoms with Gasteiger partial charge in [0.1, 0.15) is 0 Å². The second-order valence-corrected chi connectivity index (χ2v) is 4.64. The highest BCUT2D eigenvalue weighted by Crippen LogP contribution is 2.33. The molecular weight excluding hydrogens is 248 g/mol. The summed E-state index contributed by atoms with van der Waals surface area (Å²) in [6, 6.07) is 7.61. The van der Waals surface area contributed by atoms with E-state index in [4.69, 9.17) is 9.47 Å². The van der Waals surface area contributed by atoms with Crippen LogP contribution >= 0.6 is 11.8 Å². The van der Waals surface area contributed by atoms with Crippen LogP contribution in [0.15, 0.2) is 40.5 Å². The van der Waals surface area contributed by atoms with E-state index in [0.717, 1.165) is 15.7 Å². The minimum atomic E-state index is 0.704. The van der Waals surface area contributed by atoms with Gasteiger partial charge >= 0.3 is 0 Å². The van der Waals surface area contributed by atoms with Crippen molar-refractivity contribution in [2.45, 2.75) is 17.0 Å². The molecule has 0 aliphatic carbocycles. The van der Waals surface area contributed by atoms with Gasteiger partial charge < -0.3 is 9.47 Å². The zero-order chi connectivity index (χ0) is 13.0. The Hall–Kier alpha value is -1.75. The zero-order valence-electron chi connectivity index (χ0n) is 10.5. The molecule has 0 bridgehead atoms. The van der Waals surface area contributed by atoms with Gasteiger partial charge in [-0.25, -0.2) is 9.97 Å². The highest BCUT2D eigenvalue weighted by molar-refractivity contribution is 7.99. The lowest BCUT2D eigenvalue weighted by Gasteiger charge is -2.08. The Morgan fingerprint density at radius 2 is 1.83 bits per heavy atom. The second-order valence-electron chi connectivity index (χ2n) is 3.60. The Labute approximate surface area is 110 Å². The Morgan fingerprint density at radius 1 is 1.06 bits per heavy atom. The van der Waals surface area contributed by atoms with Crippen molar-refractivity contribution >= 4 is 11.8 Å². The molecule has 0 aliphatic rings. The molecule has 0 spiro atoms. The third-order valence-electron chi connectivity index (χ3n) is 2.34. The summed E-state index contributed by atoms with van der Waals surface area (Å²) in [7, 11) is 3.24. The lowest BCUT2D eigenvalue weighted by Crippen LogP contribution is -1.91. The van der Waals surface area contributed by atoms with E-state index in [9.17, 15) is 0 Å². The molecular formula is C13H14N2O2S. The summed E-state index contributed by atoms with van der Waals surface area (Å²) >= 11 is 1.49. The van der Waals surface area contributed by atoms with Crippen molar-refractivity contribution in [3.8, 4) is 11.5 Å². The molecule has 94 valence electrons. The maximum atomic E-state index is 5.26. The first-order valence-electron chi connectivity index (χ1n) is 5.42. The maximum Gasteiger partial charge on any atom is 0.192 e. The monoisotopic (exact) mass is 262 g/mol. The Kier molecular flexibility index (Phi) is 4.04. The van der Waals surface area contributed by atoms with Gasteiger partial charge in [0.15, 0.2) is 16.7 Å². The Balaban J connectivity index is 2.24. The average molecular weight is 262 g/mol. The van der Waals surface area contributed by atoms with Gasteiger partial charge in [-0.2, -0.15) is 0 Å². The van der Waals surface area contributed by atoms with Gasteiger partial charge in [0.2, 0.25) is 0 Å². The van der Waals surface area contributed by atoms with Crippen molar-refractivity contribution in [3.63, 3.8) is 0 Å². The standard InChI is InChI=1S/C13H14N2O2S/c1-9-6-7-14-13(15-9)18-10-4-5-11(16-2)12(8-10)17-3/h4-8H,1-3H3. The van der Waals surface area contributed by atoms with Crippen LogP contribution in [-0.2, 0) is 0 Å². The van der Waals surface area contributed by atoms with Crippen LogP contribution in [0.3, 0.4) is 0 Å². The molecule has 0 amide bonds. The predicted molar refractivity (Wildman–Crippen MR) is 70.4 cm³/mol. The molecule has 0 radical (unpaired) electrons. The molecule has 4 nitrogen and oxygen atoms in total. The molecule has 18 heavy (non-hydrogen) atoms. The van der Waals surface area contributed by atoms with E-state index in [1.165, 1.54) is 11.8 Å². The van der Waals surface area contributed by atoms with E-state index >= 15 is 0 Å². The molecule has 2 aromatic rings. The zero-order valence-corrected chi connectivity index (χ0v) is 11.3. The minimum Gasteiger partial charge on any atom is -0.493 e. The van der Waals surface area contributed by atoms with Gasteiger partial charge in [0.05, 0.1) is 14.2 Å². The summed E-state index contributed by atoms with van der Waals surface area (Å²) < 4.78 is 10.5. The first-order chi connectivity index (χ1) is 8.72. The molecule has 5 heteroatoms. The molecule has 0 unspecified atom stereocenters. The van der Waals surface area contributed by atoms with E-state index in [-0.39, 0.29) is 0 Å². The molecule has 0 saturated carbocycles. The topological polar surface area (TPSA) is 44.2 Å². The van der Waals surface area contributed by atoms with E-state index in [1.807, 2.05) is 31.2 Å². The molecule has 1 heterocycles. The van der Waals surface area contributed by atoms with Crippen LogP contribution in [0.1, 0.15) is 5.69 Å². The van der Waals surface area contributed by atoms with Crippen LogP contribution < -0.4 is 9.47 Å². The van der Waals surface area contributed by atoms with Crippen molar-refractivity contribution in [3.05, 3.63) is 36.2 Å². The van der Waals surface area contributed by atoms with Gasteiger partial charge in [0, 0.05) is 16.8 Å². The summed E-state index contributed by atoms with van der Waals surface area (Å²) in [5, 5.41) is 0.724. The SMILES string of the molecule is COc1ccc(Sc2nccc(C)n2)cc1OC. The number of methoxy groups -OCH3 is 2. The lowest BCUT2D eigenvalue weighted by atomic mass is 10.3. The molecule has 0 saturated heterocycles. The first kappa shape index (κ1) is 12.7. The highest BCUT2D eigenvalue weighted by atomic mass is 32.2. The average Bonchev–Trinajstić information content (AvgIpc) is 2.38. The molecule has 1 aromatic heterocycles. The largest absolute Gasteiger partial charge is 0.493 e. The molecule has 0 aliphatic heterocycles. The van der Waals surface area contributed by atoms with Crippen LogP contribution in [0, 0.1) is 6.92 Å². The van der Waals surface area contributed by atoms with E-state index in [1.54, 1.807) is 20.4 Å². The Morgan fingerprint density at radius 3 is 2.50 bits per heavy atom. The quantitative estimate of drug-likeness (QED) is 0.793. The molecule has 0 N–H and O–H groups in total. The van der Waals surface area contributed by atoms with E-state index in [0.29, 0.717) is 11.5 Å². The third kappa shape index (κ3) is 2.92. The summed E-state index contributed by atoms with van der Waals surface area (Å²) in [4.78, 5) is 9.57. The van der Waals surface area contributed by atoms with Gasteiger partial charge in [-0.3, -0.25) is 0 Å². The molecule has 0 atom stereocenters. The summed E-state index contributed by atoms with van der Waals surface area (Å²) in [6.07, 6.45) is 1.76. The number of hydrogen-bond donors (Lipinski definition) is 0. The van der Waals surface area contributed by atoms with Crippen LogP contribution in [0.25, 0.3) is 0 Å². The summed E-state index contributed by atoms with van der Waals surface area (Å²) in [5.74, 6) is 1.42. The first-order valence-corrected chi connectivity index (χ1v) is 6.24. The van der Waals surface area contributed by atoms with Gasteiger partial charge in [-0.15, -0.1) is 0 Å². The fourth-order valence-electron chi connectivity index (χ4n) is 1.46. The number of aryl methyl sites for hydroxylation is 1. The fourth-order valence-corrected chi connectivity index (χ4v) is 2.28. The van der Waals surface area contributed by atoms with Crippen LogP contribution in [0.5, 0.6) is 11.5 Å². The number of ether oxygens (including phenoxy) is 2. The van der Waals surface area contributed by atoms with Crippen molar-refractivity contribution < 1.29 is 9.47 Å². The minimum absolute atomic E-state index is 0.704. The number of rotatable bonds is 4. The highest BCUT2D eigenvalue weighted by Gasteiger charge is 2.07. The van der Waals surface area contributed by atoms with Gasteiger partial charge in [-0.05, 0) is 43.0 Å². The lowest BCUT2D eigenvalue weighted by molar-refractivity contribution is 0.354. The molecule has 1 aromatic carbocycles. The van der Waals surface area contributed by atoms with E-state index in [2.05, 4.69) is 9.97 Å². The number of benzene rings is 1. The number of nitrogens with zero attached hydrogens (tertiary/aromatic N) is 2. The van der Waals surface area contributed by atoms with Crippen molar-refractivity contribution in [2.24, 2.45) is 0 Å². The van der Waals surface area contributed by atoms with Crippen molar-refractivity contribution in [1.82, 2.24) is 9.97 Å². The number of hydrogen-bond acceptors (Lipinski definition) is 5. The third-order valence-corrected chi connectivity index (χ3v) is 3.21. The predicted octanol–water partition coefficient (Wildman–Crippen LogP) is 2.95. The molecule has 2 rings (SSSR count).